The summed E-state index contributed by atoms with van der Waals surface area (Å²) in [6.07, 6.45) is 0. The van der Waals surface area contributed by atoms with Gasteiger partial charge in [-0.1, -0.05) is 87.7 Å². The van der Waals surface area contributed by atoms with Crippen LogP contribution in [0, 0.1) is 6.92 Å². The van der Waals surface area contributed by atoms with Crippen LogP contribution in [0.15, 0.2) is 60.7 Å². The van der Waals surface area contributed by atoms with Crippen LogP contribution in [0.2, 0.25) is 5.02 Å². The zero-order valence-corrected chi connectivity index (χ0v) is 13.4. The number of alkyl halides is 1. The molecule has 0 bridgehead atoms. The first-order valence-electron chi connectivity index (χ1n) is 6.54. The topological polar surface area (TPSA) is 0 Å². The van der Waals surface area contributed by atoms with Crippen molar-refractivity contribution in [2.24, 2.45) is 0 Å². The first kappa shape index (κ1) is 13.7. The lowest BCUT2D eigenvalue weighted by atomic mass is 9.98. The van der Waals surface area contributed by atoms with Crippen LogP contribution in [-0.2, 0) is 0 Å². The van der Waals surface area contributed by atoms with Crippen LogP contribution >= 0.6 is 27.5 Å². The molecule has 0 fully saturated rings. The molecule has 0 aliphatic rings. The van der Waals surface area contributed by atoms with Crippen LogP contribution < -0.4 is 0 Å². The molecule has 0 aliphatic carbocycles. The molecule has 0 radical (unpaired) electrons. The lowest BCUT2D eigenvalue weighted by Gasteiger charge is -2.15. The Morgan fingerprint density at radius 1 is 0.850 bits per heavy atom. The average Bonchev–Trinajstić information content (AvgIpc) is 2.48. The molecule has 3 rings (SSSR count). The van der Waals surface area contributed by atoms with Crippen molar-refractivity contribution in [2.75, 3.05) is 0 Å². The summed E-state index contributed by atoms with van der Waals surface area (Å²) in [4.78, 5) is 0.172. The average molecular weight is 346 g/mol. The van der Waals surface area contributed by atoms with E-state index in [0.29, 0.717) is 0 Å². The summed E-state index contributed by atoms with van der Waals surface area (Å²) in [6.45, 7) is 2.10. The Bertz CT molecular complexity index is 747. The van der Waals surface area contributed by atoms with Gasteiger partial charge in [0, 0.05) is 10.4 Å². The lowest BCUT2D eigenvalue weighted by Crippen LogP contribution is -1.94. The zero-order valence-electron chi connectivity index (χ0n) is 11.1. The quantitative estimate of drug-likeness (QED) is 0.479. The highest BCUT2D eigenvalue weighted by molar-refractivity contribution is 9.09. The van der Waals surface area contributed by atoms with Crippen molar-refractivity contribution in [3.05, 3.63) is 82.4 Å². The Morgan fingerprint density at radius 3 is 2.20 bits per heavy atom. The van der Waals surface area contributed by atoms with Crippen molar-refractivity contribution in [1.29, 1.82) is 0 Å². The Hall–Kier alpha value is -1.31. The Kier molecular flexibility index (Phi) is 3.82. The largest absolute Gasteiger partial charge is 0.0837 e. The van der Waals surface area contributed by atoms with Crippen molar-refractivity contribution < 1.29 is 0 Å². The minimum atomic E-state index is 0.172. The number of hydrogen-bond acceptors (Lipinski definition) is 0. The van der Waals surface area contributed by atoms with Gasteiger partial charge in [-0.05, 0) is 29.5 Å². The summed E-state index contributed by atoms with van der Waals surface area (Å²) < 4.78 is 0. The van der Waals surface area contributed by atoms with Gasteiger partial charge < -0.3 is 0 Å². The molecule has 0 spiro atoms. The van der Waals surface area contributed by atoms with Crippen molar-refractivity contribution in [3.8, 4) is 0 Å². The van der Waals surface area contributed by atoms with Gasteiger partial charge in [-0.25, -0.2) is 0 Å². The minimum Gasteiger partial charge on any atom is -0.0837 e. The van der Waals surface area contributed by atoms with E-state index < -0.39 is 0 Å². The molecule has 0 N–H and O–H groups in total. The first-order chi connectivity index (χ1) is 9.66. The molecule has 3 aromatic rings. The van der Waals surface area contributed by atoms with Crippen LogP contribution in [0.5, 0.6) is 0 Å². The number of rotatable bonds is 2. The third kappa shape index (κ3) is 2.48. The molecule has 0 saturated carbocycles. The summed E-state index contributed by atoms with van der Waals surface area (Å²) in [5.41, 5.74) is 3.77. The molecule has 0 saturated heterocycles. The smallest absolute Gasteiger partial charge is 0.0650 e. The second kappa shape index (κ2) is 5.59. The lowest BCUT2D eigenvalue weighted by molar-refractivity contribution is 1.19. The second-order valence-electron chi connectivity index (χ2n) is 4.96. The fourth-order valence-electron chi connectivity index (χ4n) is 2.42. The van der Waals surface area contributed by atoms with Gasteiger partial charge in [-0.3, -0.25) is 0 Å². The summed E-state index contributed by atoms with van der Waals surface area (Å²) in [5.74, 6) is 0. The third-order valence-corrected chi connectivity index (χ3v) is 4.90. The molecular weight excluding hydrogens is 332 g/mol. The summed E-state index contributed by atoms with van der Waals surface area (Å²) >= 11 is 10.1. The van der Waals surface area contributed by atoms with E-state index >= 15 is 0 Å². The van der Waals surface area contributed by atoms with Crippen LogP contribution in [0.25, 0.3) is 10.8 Å². The maximum absolute atomic E-state index is 6.29. The Morgan fingerprint density at radius 2 is 1.50 bits per heavy atom. The second-order valence-corrected chi connectivity index (χ2v) is 6.28. The molecule has 3 aromatic carbocycles. The van der Waals surface area contributed by atoms with Crippen molar-refractivity contribution in [2.45, 2.75) is 11.8 Å². The molecule has 20 heavy (non-hydrogen) atoms. The molecule has 1 unspecified atom stereocenters. The highest BCUT2D eigenvalue weighted by Gasteiger charge is 2.14. The minimum absolute atomic E-state index is 0.172. The third-order valence-electron chi connectivity index (χ3n) is 3.55. The Balaban J connectivity index is 2.14. The van der Waals surface area contributed by atoms with Crippen LogP contribution in [0.3, 0.4) is 0 Å². The molecule has 0 aliphatic heterocycles. The highest BCUT2D eigenvalue weighted by atomic mass is 79.9. The molecule has 2 heteroatoms. The highest BCUT2D eigenvalue weighted by Crippen LogP contribution is 2.37. The van der Waals surface area contributed by atoms with E-state index in [4.69, 9.17) is 11.6 Å². The van der Waals surface area contributed by atoms with Gasteiger partial charge in [-0.15, -0.1) is 0 Å². The molecular formula is C18H14BrCl. The normalized spacial score (nSPS) is 12.6. The fraction of sp³-hybridized carbons (Fsp3) is 0.111. The molecule has 100 valence electrons. The van der Waals surface area contributed by atoms with E-state index in [1.165, 1.54) is 22.1 Å². The van der Waals surface area contributed by atoms with Gasteiger partial charge in [0.05, 0.1) is 4.83 Å². The zero-order chi connectivity index (χ0) is 14.1. The van der Waals surface area contributed by atoms with Crippen LogP contribution in [0.4, 0.5) is 0 Å². The molecule has 0 heterocycles. The predicted molar refractivity (Wildman–Crippen MR) is 90.9 cm³/mol. The van der Waals surface area contributed by atoms with E-state index in [-0.39, 0.29) is 4.83 Å². The fourth-order valence-corrected chi connectivity index (χ4v) is 3.35. The van der Waals surface area contributed by atoms with Crippen molar-refractivity contribution in [3.63, 3.8) is 0 Å². The summed E-state index contributed by atoms with van der Waals surface area (Å²) in [5, 5.41) is 3.10. The number of fused-ring (bicyclic) bond motifs is 1. The number of aryl methyl sites for hydroxylation is 1. The molecule has 0 aromatic heterocycles. The van der Waals surface area contributed by atoms with Gasteiger partial charge in [0.25, 0.3) is 0 Å². The van der Waals surface area contributed by atoms with E-state index in [9.17, 15) is 0 Å². The monoisotopic (exact) mass is 344 g/mol. The van der Waals surface area contributed by atoms with Gasteiger partial charge >= 0.3 is 0 Å². The van der Waals surface area contributed by atoms with E-state index in [2.05, 4.69) is 71.4 Å². The van der Waals surface area contributed by atoms with Gasteiger partial charge in [0.1, 0.15) is 0 Å². The van der Waals surface area contributed by atoms with Gasteiger partial charge in [-0.2, -0.15) is 0 Å². The van der Waals surface area contributed by atoms with E-state index in [1.807, 2.05) is 12.1 Å². The van der Waals surface area contributed by atoms with Crippen molar-refractivity contribution in [1.82, 2.24) is 0 Å². The standard InChI is InChI=1S/C18H14BrCl/c1-12-6-8-13(9-7-12)18(19)16-10-11-17(20)15-5-3-2-4-14(15)16/h2-11,18H,1H3. The number of benzene rings is 3. The molecule has 1 atom stereocenters. The van der Waals surface area contributed by atoms with Gasteiger partial charge in [0.2, 0.25) is 0 Å². The predicted octanol–water partition coefficient (Wildman–Crippen LogP) is 6.29. The number of halogens is 2. The summed E-state index contributed by atoms with van der Waals surface area (Å²) in [6, 6.07) is 20.9. The van der Waals surface area contributed by atoms with Crippen LogP contribution in [-0.4, -0.2) is 0 Å². The maximum Gasteiger partial charge on any atom is 0.0650 e. The first-order valence-corrected chi connectivity index (χ1v) is 7.84. The van der Waals surface area contributed by atoms with Gasteiger partial charge in [0.15, 0.2) is 0 Å². The van der Waals surface area contributed by atoms with E-state index in [1.54, 1.807) is 0 Å². The molecule has 0 amide bonds. The Labute approximate surface area is 132 Å². The molecule has 0 nitrogen and oxygen atoms in total. The maximum atomic E-state index is 6.29. The number of hydrogen-bond donors (Lipinski definition) is 0. The van der Waals surface area contributed by atoms with Crippen LogP contribution in [0.1, 0.15) is 21.5 Å². The summed E-state index contributed by atoms with van der Waals surface area (Å²) in [7, 11) is 0. The SMILES string of the molecule is Cc1ccc(C(Br)c2ccc(Cl)c3ccccc23)cc1. The van der Waals surface area contributed by atoms with Crippen molar-refractivity contribution >= 4 is 38.3 Å². The van der Waals surface area contributed by atoms with E-state index in [0.717, 1.165) is 10.4 Å².